The van der Waals surface area contributed by atoms with Crippen molar-refractivity contribution in [3.8, 4) is 0 Å². The topological polar surface area (TPSA) is 134 Å². The second kappa shape index (κ2) is 13.3. The molecule has 0 saturated heterocycles. The third kappa shape index (κ3) is 9.17. The quantitative estimate of drug-likeness (QED) is 0.384. The molecule has 0 heterocycles. The number of nitrogens with one attached hydrogen (secondary N) is 3. The predicted molar refractivity (Wildman–Crippen MR) is 136 cm³/mol. The van der Waals surface area contributed by atoms with Crippen molar-refractivity contribution in [3.05, 3.63) is 35.9 Å². The van der Waals surface area contributed by atoms with E-state index in [1.807, 2.05) is 13.8 Å². The molecule has 9 heteroatoms. The fraction of sp³-hybridized carbons (Fsp3) is 0.630. The van der Waals surface area contributed by atoms with Crippen LogP contribution in [0.25, 0.3) is 0 Å². The number of benzene rings is 1. The Hall–Kier alpha value is -3.10. The van der Waals surface area contributed by atoms with E-state index in [2.05, 4.69) is 16.0 Å². The van der Waals surface area contributed by atoms with Crippen LogP contribution in [0.3, 0.4) is 0 Å². The van der Waals surface area contributed by atoms with E-state index in [1.165, 1.54) is 0 Å². The molecule has 0 radical (unpaired) electrons. The number of carbonyl (C=O) groups is 4. The number of hydrogen-bond acceptors (Lipinski definition) is 5. The molecule has 200 valence electrons. The van der Waals surface area contributed by atoms with E-state index < -0.39 is 29.7 Å². The Morgan fingerprint density at radius 3 is 2.17 bits per heavy atom. The summed E-state index contributed by atoms with van der Waals surface area (Å²) in [7, 11) is 0. The zero-order valence-electron chi connectivity index (χ0n) is 22.0. The van der Waals surface area contributed by atoms with Gasteiger partial charge in [-0.05, 0) is 63.9 Å². The molecule has 0 aromatic heterocycles. The lowest BCUT2D eigenvalue weighted by Gasteiger charge is -2.30. The van der Waals surface area contributed by atoms with E-state index in [1.54, 1.807) is 51.1 Å². The van der Waals surface area contributed by atoms with E-state index >= 15 is 0 Å². The summed E-state index contributed by atoms with van der Waals surface area (Å²) < 4.78 is 5.31. The van der Waals surface area contributed by atoms with Crippen molar-refractivity contribution < 1.29 is 29.0 Å². The van der Waals surface area contributed by atoms with Gasteiger partial charge < -0.3 is 25.8 Å². The molecule has 1 saturated carbocycles. The SMILES string of the molecule is CC[C@@H](C)[C@H](NC(=O)OC(C)(C)C)C(=O)NCC1CCC(C(=O)N[C@@H](C(=O)O)c2ccccc2)CC1. The summed E-state index contributed by atoms with van der Waals surface area (Å²) in [6.07, 6.45) is 2.83. The molecule has 0 unspecified atom stereocenters. The molecule has 0 bridgehead atoms. The molecule has 2 rings (SSSR count). The predicted octanol–water partition coefficient (Wildman–Crippen LogP) is 3.79. The summed E-state index contributed by atoms with van der Waals surface area (Å²) in [6.45, 7) is 9.63. The molecule has 1 aromatic carbocycles. The number of carbonyl (C=O) groups excluding carboxylic acids is 3. The number of alkyl carbamates (subject to hydrolysis) is 1. The van der Waals surface area contributed by atoms with E-state index in [9.17, 15) is 24.3 Å². The lowest BCUT2D eigenvalue weighted by Crippen LogP contribution is -2.52. The van der Waals surface area contributed by atoms with E-state index in [-0.39, 0.29) is 29.6 Å². The van der Waals surface area contributed by atoms with E-state index in [0.717, 1.165) is 12.8 Å². The second-order valence-corrected chi connectivity index (χ2v) is 10.7. The Morgan fingerprint density at radius 2 is 1.64 bits per heavy atom. The number of aliphatic carboxylic acids is 1. The van der Waals surface area contributed by atoms with E-state index in [4.69, 9.17) is 4.74 Å². The van der Waals surface area contributed by atoms with E-state index in [0.29, 0.717) is 31.4 Å². The zero-order chi connectivity index (χ0) is 26.9. The van der Waals surface area contributed by atoms with Crippen LogP contribution in [0.1, 0.15) is 78.3 Å². The molecule has 0 aliphatic heterocycles. The molecule has 0 spiro atoms. The summed E-state index contributed by atoms with van der Waals surface area (Å²) in [5.74, 6) is -1.72. The summed E-state index contributed by atoms with van der Waals surface area (Å²) in [6, 6.07) is 6.87. The highest BCUT2D eigenvalue weighted by atomic mass is 16.6. The molecule has 36 heavy (non-hydrogen) atoms. The first-order chi connectivity index (χ1) is 16.9. The molecular formula is C27H41N3O6. The molecular weight excluding hydrogens is 462 g/mol. The molecule has 1 aromatic rings. The number of rotatable bonds is 10. The second-order valence-electron chi connectivity index (χ2n) is 10.7. The highest BCUT2D eigenvalue weighted by Gasteiger charge is 2.32. The monoisotopic (exact) mass is 503 g/mol. The number of carboxylic acid groups (broad SMARTS) is 1. The molecule has 1 fully saturated rings. The van der Waals surface area contributed by atoms with Gasteiger partial charge in [0.1, 0.15) is 11.6 Å². The highest BCUT2D eigenvalue weighted by molar-refractivity contribution is 5.86. The average molecular weight is 504 g/mol. The van der Waals surface area contributed by atoms with Crippen molar-refractivity contribution in [2.75, 3.05) is 6.54 Å². The van der Waals surface area contributed by atoms with Crippen molar-refractivity contribution in [2.45, 2.75) is 84.4 Å². The Bertz CT molecular complexity index is 891. The lowest BCUT2D eigenvalue weighted by molar-refractivity contribution is -0.143. The van der Waals surface area contributed by atoms with Crippen LogP contribution < -0.4 is 16.0 Å². The van der Waals surface area contributed by atoms with Gasteiger partial charge >= 0.3 is 12.1 Å². The molecule has 1 aliphatic rings. The largest absolute Gasteiger partial charge is 0.479 e. The van der Waals surface area contributed by atoms with Crippen molar-refractivity contribution in [1.82, 2.24) is 16.0 Å². The van der Waals surface area contributed by atoms with Crippen LogP contribution in [0.15, 0.2) is 30.3 Å². The maximum atomic E-state index is 12.9. The minimum Gasteiger partial charge on any atom is -0.479 e. The van der Waals surface area contributed by atoms with Crippen molar-refractivity contribution in [1.29, 1.82) is 0 Å². The summed E-state index contributed by atoms with van der Waals surface area (Å²) in [4.78, 5) is 49.6. The van der Waals surface area contributed by atoms with Gasteiger partial charge in [0.2, 0.25) is 11.8 Å². The Morgan fingerprint density at radius 1 is 1.03 bits per heavy atom. The average Bonchev–Trinajstić information content (AvgIpc) is 2.83. The third-order valence-corrected chi connectivity index (χ3v) is 6.62. The lowest BCUT2D eigenvalue weighted by atomic mass is 9.81. The van der Waals surface area contributed by atoms with Gasteiger partial charge in [-0.25, -0.2) is 9.59 Å². The van der Waals surface area contributed by atoms with Crippen molar-refractivity contribution >= 4 is 23.9 Å². The first kappa shape index (κ1) is 29.1. The highest BCUT2D eigenvalue weighted by Crippen LogP contribution is 2.29. The maximum Gasteiger partial charge on any atom is 0.408 e. The Labute approximate surface area is 213 Å². The zero-order valence-corrected chi connectivity index (χ0v) is 22.0. The Balaban J connectivity index is 1.85. The van der Waals surface area contributed by atoms with Crippen LogP contribution in [0.5, 0.6) is 0 Å². The number of ether oxygens (including phenoxy) is 1. The van der Waals surface area contributed by atoms with Gasteiger partial charge in [-0.15, -0.1) is 0 Å². The molecule has 3 atom stereocenters. The third-order valence-electron chi connectivity index (χ3n) is 6.62. The minimum absolute atomic E-state index is 0.0660. The summed E-state index contributed by atoms with van der Waals surface area (Å²) >= 11 is 0. The van der Waals surface area contributed by atoms with Crippen LogP contribution in [0.4, 0.5) is 4.79 Å². The fourth-order valence-corrected chi connectivity index (χ4v) is 4.31. The fourth-order valence-electron chi connectivity index (χ4n) is 4.31. The van der Waals surface area contributed by atoms with Crippen molar-refractivity contribution in [2.24, 2.45) is 17.8 Å². The van der Waals surface area contributed by atoms with Crippen LogP contribution in [0.2, 0.25) is 0 Å². The van der Waals surface area contributed by atoms with Gasteiger partial charge in [0.25, 0.3) is 0 Å². The maximum absolute atomic E-state index is 12.9. The van der Waals surface area contributed by atoms with Crippen LogP contribution in [0, 0.1) is 17.8 Å². The number of amides is 3. The standard InChI is InChI=1S/C27H41N3O6/c1-6-17(2)21(30-26(35)36-27(3,4)5)24(32)28-16-18-12-14-20(15-13-18)23(31)29-22(25(33)34)19-10-8-7-9-11-19/h7-11,17-18,20-22H,6,12-16H2,1-5H3,(H,28,32)(H,29,31)(H,30,35)(H,33,34)/t17-,18?,20?,21+,22-/m1/s1. The smallest absolute Gasteiger partial charge is 0.408 e. The van der Waals surface area contributed by atoms with Crippen LogP contribution in [-0.2, 0) is 19.1 Å². The van der Waals surface area contributed by atoms with Gasteiger partial charge in [-0.1, -0.05) is 50.6 Å². The number of carboxylic acids is 1. The first-order valence-electron chi connectivity index (χ1n) is 12.8. The molecule has 3 amide bonds. The molecule has 4 N–H and O–H groups in total. The first-order valence-corrected chi connectivity index (χ1v) is 12.8. The summed E-state index contributed by atoms with van der Waals surface area (Å²) in [5.41, 5.74) is -0.123. The number of hydrogen-bond donors (Lipinski definition) is 4. The van der Waals surface area contributed by atoms with Gasteiger partial charge in [-0.2, -0.15) is 0 Å². The van der Waals surface area contributed by atoms with Gasteiger partial charge in [0.15, 0.2) is 6.04 Å². The summed E-state index contributed by atoms with van der Waals surface area (Å²) in [5, 5.41) is 17.9. The van der Waals surface area contributed by atoms with Crippen LogP contribution >= 0.6 is 0 Å². The minimum atomic E-state index is -1.10. The van der Waals surface area contributed by atoms with Gasteiger partial charge in [0.05, 0.1) is 0 Å². The molecule has 1 aliphatic carbocycles. The van der Waals surface area contributed by atoms with Gasteiger partial charge in [0, 0.05) is 12.5 Å². The van der Waals surface area contributed by atoms with Gasteiger partial charge in [-0.3, -0.25) is 9.59 Å². The van der Waals surface area contributed by atoms with Crippen LogP contribution in [-0.4, -0.2) is 47.2 Å². The molecule has 9 nitrogen and oxygen atoms in total. The van der Waals surface area contributed by atoms with Crippen molar-refractivity contribution in [3.63, 3.8) is 0 Å². The Kier molecular flexibility index (Phi) is 10.7. The normalized spacial score (nSPS) is 20.4.